The molecule has 0 unspecified atom stereocenters. The summed E-state index contributed by atoms with van der Waals surface area (Å²) in [6, 6.07) is 8.40. The Morgan fingerprint density at radius 1 is 1.00 bits per heavy atom. The zero-order chi connectivity index (χ0) is 15.9. The number of halogens is 1. The van der Waals surface area contributed by atoms with Gasteiger partial charge in [0.25, 0.3) is 5.95 Å². The van der Waals surface area contributed by atoms with E-state index < -0.39 is 0 Å². The smallest absolute Gasteiger partial charge is 0.286 e. The Balaban J connectivity index is 1.98. The van der Waals surface area contributed by atoms with E-state index in [0.29, 0.717) is 34.9 Å². The van der Waals surface area contributed by atoms with Crippen LogP contribution in [0.15, 0.2) is 34.7 Å². The van der Waals surface area contributed by atoms with Crippen LogP contribution in [0, 0.1) is 19.7 Å². The maximum Gasteiger partial charge on any atom is 0.286 e. The average molecular weight is 300 g/mol. The first-order chi connectivity index (χ1) is 10.5. The van der Waals surface area contributed by atoms with Crippen LogP contribution in [0.25, 0.3) is 11.0 Å². The summed E-state index contributed by atoms with van der Waals surface area (Å²) in [5.74, 6) is -0.231. The normalized spacial score (nSPS) is 11.2. The Bertz CT molecular complexity index is 832. The fraction of sp³-hybridized carbons (Fsp3) is 0.222. The van der Waals surface area contributed by atoms with E-state index in [9.17, 15) is 14.6 Å². The Morgan fingerprint density at radius 3 is 2.36 bits per heavy atom. The van der Waals surface area contributed by atoms with Gasteiger partial charge >= 0.3 is 0 Å². The molecular weight excluding hydrogens is 283 g/mol. The highest BCUT2D eigenvalue weighted by molar-refractivity contribution is 5.89. The van der Waals surface area contributed by atoms with E-state index in [0.717, 1.165) is 11.1 Å². The monoisotopic (exact) mass is 300 g/mol. The number of benzene rings is 2. The second-order valence-electron chi connectivity index (χ2n) is 5.55. The molecule has 22 heavy (non-hydrogen) atoms. The van der Waals surface area contributed by atoms with E-state index in [1.807, 2.05) is 12.1 Å². The van der Waals surface area contributed by atoms with Crippen LogP contribution in [-0.2, 0) is 12.8 Å². The van der Waals surface area contributed by atoms with Crippen molar-refractivity contribution in [3.63, 3.8) is 0 Å². The highest BCUT2D eigenvalue weighted by Gasteiger charge is 2.18. The lowest BCUT2D eigenvalue weighted by Crippen LogP contribution is -1.95. The van der Waals surface area contributed by atoms with Crippen LogP contribution in [0.5, 0.6) is 11.7 Å². The van der Waals surface area contributed by atoms with E-state index in [1.165, 1.54) is 6.07 Å². The number of hydrogen-bond acceptors (Lipinski definition) is 3. The van der Waals surface area contributed by atoms with Crippen molar-refractivity contribution in [2.75, 3.05) is 0 Å². The van der Waals surface area contributed by atoms with E-state index in [1.54, 1.807) is 26.0 Å². The summed E-state index contributed by atoms with van der Waals surface area (Å²) in [4.78, 5) is 0. The number of hydrogen-bond donors (Lipinski definition) is 2. The third kappa shape index (κ3) is 2.41. The molecule has 2 aromatic carbocycles. The van der Waals surface area contributed by atoms with Gasteiger partial charge in [0.2, 0.25) is 0 Å². The Kier molecular flexibility index (Phi) is 3.53. The number of furan rings is 1. The first-order valence-corrected chi connectivity index (χ1v) is 7.15. The fourth-order valence-electron chi connectivity index (χ4n) is 2.75. The molecule has 0 aliphatic rings. The summed E-state index contributed by atoms with van der Waals surface area (Å²) < 4.78 is 19.5. The molecule has 3 aromatic rings. The molecule has 0 fully saturated rings. The maximum absolute atomic E-state index is 14.1. The second-order valence-corrected chi connectivity index (χ2v) is 5.55. The highest BCUT2D eigenvalue weighted by Crippen LogP contribution is 2.36. The van der Waals surface area contributed by atoms with Gasteiger partial charge in [-0.1, -0.05) is 12.1 Å². The molecule has 0 spiro atoms. The van der Waals surface area contributed by atoms with Crippen molar-refractivity contribution in [3.8, 4) is 11.7 Å². The Morgan fingerprint density at radius 2 is 1.68 bits per heavy atom. The predicted molar refractivity (Wildman–Crippen MR) is 82.8 cm³/mol. The standard InChI is InChI=1S/C18H17FO3/c1-10-15(19)9-13(17-16(10)11(2)18(21)22-17)6-3-12-4-7-14(20)8-5-12/h4-5,7-9,20-21H,3,6H2,1-2H3. The molecule has 0 amide bonds. The number of phenols is 1. The van der Waals surface area contributed by atoms with Gasteiger partial charge in [0, 0.05) is 10.9 Å². The minimum Gasteiger partial charge on any atom is -0.508 e. The molecule has 4 heteroatoms. The number of phenolic OH excluding ortho intramolecular Hbond substituents is 1. The summed E-state index contributed by atoms with van der Waals surface area (Å²) in [5.41, 5.74) is 3.38. The highest BCUT2D eigenvalue weighted by atomic mass is 19.1. The van der Waals surface area contributed by atoms with Crippen molar-refractivity contribution in [2.24, 2.45) is 0 Å². The molecule has 0 saturated carbocycles. The molecule has 1 aromatic heterocycles. The van der Waals surface area contributed by atoms with Crippen LogP contribution in [-0.4, -0.2) is 10.2 Å². The van der Waals surface area contributed by atoms with Gasteiger partial charge in [0.05, 0.1) is 0 Å². The van der Waals surface area contributed by atoms with E-state index in [-0.39, 0.29) is 17.5 Å². The summed E-state index contributed by atoms with van der Waals surface area (Å²) in [7, 11) is 0. The molecule has 0 aliphatic carbocycles. The molecule has 0 radical (unpaired) electrons. The first-order valence-electron chi connectivity index (χ1n) is 7.15. The van der Waals surface area contributed by atoms with Gasteiger partial charge in [-0.2, -0.15) is 0 Å². The summed E-state index contributed by atoms with van der Waals surface area (Å²) in [6.07, 6.45) is 1.28. The predicted octanol–water partition coefficient (Wildman–Crippen LogP) is 4.39. The first kappa shape index (κ1) is 14.4. The lowest BCUT2D eigenvalue weighted by Gasteiger charge is -2.07. The molecule has 3 rings (SSSR count). The van der Waals surface area contributed by atoms with Crippen molar-refractivity contribution in [1.82, 2.24) is 0 Å². The number of fused-ring (bicyclic) bond motifs is 1. The molecule has 0 bridgehead atoms. The average Bonchev–Trinajstić information content (AvgIpc) is 2.79. The van der Waals surface area contributed by atoms with Gasteiger partial charge < -0.3 is 14.6 Å². The molecule has 1 heterocycles. The van der Waals surface area contributed by atoms with Gasteiger partial charge in [0.1, 0.15) is 17.1 Å². The summed E-state index contributed by atoms with van der Waals surface area (Å²) >= 11 is 0. The van der Waals surface area contributed by atoms with Crippen LogP contribution in [0.2, 0.25) is 0 Å². The topological polar surface area (TPSA) is 53.6 Å². The largest absolute Gasteiger partial charge is 0.508 e. The third-order valence-corrected chi connectivity index (χ3v) is 4.07. The number of rotatable bonds is 3. The summed E-state index contributed by atoms with van der Waals surface area (Å²) in [5, 5.41) is 19.7. The van der Waals surface area contributed by atoms with Crippen LogP contribution < -0.4 is 0 Å². The zero-order valence-electron chi connectivity index (χ0n) is 12.5. The van der Waals surface area contributed by atoms with E-state index in [4.69, 9.17) is 4.42 Å². The maximum atomic E-state index is 14.1. The quantitative estimate of drug-likeness (QED) is 0.754. The Labute approximate surface area is 127 Å². The minimum absolute atomic E-state index is 0.158. The van der Waals surface area contributed by atoms with Crippen molar-refractivity contribution in [2.45, 2.75) is 26.7 Å². The number of aromatic hydroxyl groups is 2. The van der Waals surface area contributed by atoms with Crippen molar-refractivity contribution < 1.29 is 19.0 Å². The zero-order valence-corrected chi connectivity index (χ0v) is 12.5. The third-order valence-electron chi connectivity index (χ3n) is 4.07. The van der Waals surface area contributed by atoms with Crippen molar-refractivity contribution in [3.05, 3.63) is 58.4 Å². The van der Waals surface area contributed by atoms with Gasteiger partial charge in [-0.3, -0.25) is 0 Å². The number of aryl methyl sites for hydroxylation is 4. The summed E-state index contributed by atoms with van der Waals surface area (Å²) in [6.45, 7) is 3.40. The molecule has 0 aliphatic heterocycles. The van der Waals surface area contributed by atoms with E-state index in [2.05, 4.69) is 0 Å². The lowest BCUT2D eigenvalue weighted by atomic mass is 9.99. The molecule has 114 valence electrons. The Hall–Kier alpha value is -2.49. The molecule has 2 N–H and O–H groups in total. The van der Waals surface area contributed by atoms with Crippen LogP contribution in [0.1, 0.15) is 22.3 Å². The fourth-order valence-corrected chi connectivity index (χ4v) is 2.75. The SMILES string of the molecule is Cc1c(F)cc(CCc2ccc(O)cc2)c2oc(O)c(C)c12. The van der Waals surface area contributed by atoms with Crippen molar-refractivity contribution >= 4 is 11.0 Å². The van der Waals surface area contributed by atoms with Gasteiger partial charge in [0.15, 0.2) is 0 Å². The van der Waals surface area contributed by atoms with Gasteiger partial charge in [-0.15, -0.1) is 0 Å². The van der Waals surface area contributed by atoms with E-state index >= 15 is 0 Å². The lowest BCUT2D eigenvalue weighted by molar-refractivity contribution is 0.342. The van der Waals surface area contributed by atoms with Crippen LogP contribution >= 0.6 is 0 Å². The molecular formula is C18H17FO3. The molecule has 3 nitrogen and oxygen atoms in total. The molecule has 0 atom stereocenters. The van der Waals surface area contributed by atoms with Gasteiger partial charge in [-0.25, -0.2) is 4.39 Å². The van der Waals surface area contributed by atoms with Crippen LogP contribution in [0.3, 0.4) is 0 Å². The van der Waals surface area contributed by atoms with Gasteiger partial charge in [-0.05, 0) is 61.6 Å². The second kappa shape index (κ2) is 5.37. The molecule has 0 saturated heterocycles. The van der Waals surface area contributed by atoms with Crippen LogP contribution in [0.4, 0.5) is 4.39 Å². The van der Waals surface area contributed by atoms with Crippen molar-refractivity contribution in [1.29, 1.82) is 0 Å². The minimum atomic E-state index is -0.294.